The summed E-state index contributed by atoms with van der Waals surface area (Å²) in [5.74, 6) is 0.0665. The van der Waals surface area contributed by atoms with Crippen LogP contribution in [0.3, 0.4) is 0 Å². The fraction of sp³-hybridized carbons (Fsp3) is 0.333. The molecule has 142 valence electrons. The van der Waals surface area contributed by atoms with Crippen LogP contribution in [0.2, 0.25) is 0 Å². The van der Waals surface area contributed by atoms with Gasteiger partial charge in [0.1, 0.15) is 5.75 Å². The van der Waals surface area contributed by atoms with Gasteiger partial charge in [-0.15, -0.1) is 0 Å². The summed E-state index contributed by atoms with van der Waals surface area (Å²) in [6.07, 6.45) is -9.70. The Morgan fingerprint density at radius 1 is 0.885 bits per heavy atom. The van der Waals surface area contributed by atoms with Gasteiger partial charge in [-0.05, 0) is 53.9 Å². The Bertz CT molecular complexity index is 705. The average Bonchev–Trinajstić information content (AvgIpc) is 2.58. The van der Waals surface area contributed by atoms with Gasteiger partial charge in [-0.25, -0.2) is 0 Å². The minimum absolute atomic E-state index is 0.0341. The van der Waals surface area contributed by atoms with Crippen molar-refractivity contribution in [1.82, 2.24) is 0 Å². The summed E-state index contributed by atoms with van der Waals surface area (Å²) in [6, 6.07) is 8.45. The fourth-order valence-corrected chi connectivity index (χ4v) is 2.36. The summed E-state index contributed by atoms with van der Waals surface area (Å²) in [7, 11) is 1.51. The van der Waals surface area contributed by atoms with Gasteiger partial charge >= 0.3 is 12.4 Å². The molecule has 0 fully saturated rings. The van der Waals surface area contributed by atoms with Crippen molar-refractivity contribution in [2.24, 2.45) is 0 Å². The zero-order valence-corrected chi connectivity index (χ0v) is 14.0. The molecular formula is C18H17F6NO. The number of alkyl halides is 6. The van der Waals surface area contributed by atoms with E-state index in [1.54, 1.807) is 31.2 Å². The van der Waals surface area contributed by atoms with Crippen LogP contribution in [-0.4, -0.2) is 13.7 Å². The first kappa shape index (κ1) is 19.9. The third kappa shape index (κ3) is 5.06. The molecule has 0 aromatic heterocycles. The van der Waals surface area contributed by atoms with Gasteiger partial charge in [-0.1, -0.05) is 6.92 Å². The third-order valence-electron chi connectivity index (χ3n) is 3.88. The van der Waals surface area contributed by atoms with E-state index in [2.05, 4.69) is 5.32 Å². The monoisotopic (exact) mass is 377 g/mol. The number of nitrogens with one attached hydrogen (secondary N) is 1. The Balaban J connectivity index is 2.22. The lowest BCUT2D eigenvalue weighted by Crippen LogP contribution is -2.15. The second kappa shape index (κ2) is 7.47. The average molecular weight is 377 g/mol. The summed E-state index contributed by atoms with van der Waals surface area (Å²) < 4.78 is 82.6. The first-order valence-corrected chi connectivity index (χ1v) is 7.68. The fourth-order valence-electron chi connectivity index (χ4n) is 2.36. The standard InChI is InChI=1S/C18H17F6NO/c1-11(10-25-15-3-5-16(26-2)6-4-15)12-7-13(17(19,20)21)9-14(8-12)18(22,23)24/h3-9,11,25H,10H2,1-2H3/t11-/m0/s1. The van der Waals surface area contributed by atoms with Crippen LogP contribution in [0, 0.1) is 0 Å². The molecule has 0 radical (unpaired) electrons. The summed E-state index contributed by atoms with van der Waals surface area (Å²) in [6.45, 7) is 1.73. The lowest BCUT2D eigenvalue weighted by atomic mass is 9.95. The van der Waals surface area contributed by atoms with E-state index in [0.717, 1.165) is 12.1 Å². The quantitative estimate of drug-likeness (QED) is 0.651. The van der Waals surface area contributed by atoms with Crippen molar-refractivity contribution < 1.29 is 31.1 Å². The molecule has 2 nitrogen and oxygen atoms in total. The molecule has 0 aliphatic rings. The topological polar surface area (TPSA) is 21.3 Å². The Morgan fingerprint density at radius 3 is 1.81 bits per heavy atom. The largest absolute Gasteiger partial charge is 0.497 e. The van der Waals surface area contributed by atoms with Gasteiger partial charge in [0.05, 0.1) is 18.2 Å². The first-order chi connectivity index (χ1) is 12.0. The number of halogens is 6. The number of benzene rings is 2. The van der Waals surface area contributed by atoms with Gasteiger partial charge in [0, 0.05) is 12.2 Å². The SMILES string of the molecule is COc1ccc(NC[C@H](C)c2cc(C(F)(F)F)cc(C(F)(F)F)c2)cc1. The first-order valence-electron chi connectivity index (χ1n) is 7.68. The van der Waals surface area contributed by atoms with Gasteiger partial charge in [0.15, 0.2) is 0 Å². The van der Waals surface area contributed by atoms with Crippen LogP contribution in [0.25, 0.3) is 0 Å². The predicted octanol–water partition coefficient (Wildman–Crippen LogP) is 5.95. The van der Waals surface area contributed by atoms with Crippen LogP contribution in [0.5, 0.6) is 5.75 Å². The van der Waals surface area contributed by atoms with Crippen molar-refractivity contribution in [2.45, 2.75) is 25.2 Å². The van der Waals surface area contributed by atoms with E-state index in [-0.39, 0.29) is 18.2 Å². The Kier molecular flexibility index (Phi) is 5.73. The Morgan fingerprint density at radius 2 is 1.38 bits per heavy atom. The number of hydrogen-bond donors (Lipinski definition) is 1. The molecule has 0 heterocycles. The van der Waals surface area contributed by atoms with E-state index in [4.69, 9.17) is 4.74 Å². The van der Waals surface area contributed by atoms with Crippen molar-refractivity contribution in [3.63, 3.8) is 0 Å². The molecule has 0 spiro atoms. The van der Waals surface area contributed by atoms with E-state index in [1.807, 2.05) is 0 Å². The smallest absolute Gasteiger partial charge is 0.416 e. The molecule has 8 heteroatoms. The number of ether oxygens (including phenoxy) is 1. The Hall–Kier alpha value is -2.38. The number of anilines is 1. The van der Waals surface area contributed by atoms with Crippen LogP contribution < -0.4 is 10.1 Å². The summed E-state index contributed by atoms with van der Waals surface area (Å²) >= 11 is 0. The maximum Gasteiger partial charge on any atom is 0.416 e. The van der Waals surface area contributed by atoms with Crippen molar-refractivity contribution in [3.05, 3.63) is 59.2 Å². The minimum Gasteiger partial charge on any atom is -0.497 e. The molecule has 0 aliphatic heterocycles. The molecule has 0 saturated carbocycles. The molecule has 26 heavy (non-hydrogen) atoms. The zero-order chi connectivity index (χ0) is 19.5. The van der Waals surface area contributed by atoms with Crippen molar-refractivity contribution in [3.8, 4) is 5.75 Å². The van der Waals surface area contributed by atoms with E-state index in [1.165, 1.54) is 7.11 Å². The molecule has 0 bridgehead atoms. The molecule has 0 unspecified atom stereocenters. The minimum atomic E-state index is -4.85. The number of rotatable bonds is 5. The van der Waals surface area contributed by atoms with Gasteiger partial charge in [0.25, 0.3) is 0 Å². The zero-order valence-electron chi connectivity index (χ0n) is 14.0. The normalized spacial score (nSPS) is 13.4. The van der Waals surface area contributed by atoms with Gasteiger partial charge in [0.2, 0.25) is 0 Å². The van der Waals surface area contributed by atoms with Crippen molar-refractivity contribution in [2.75, 3.05) is 19.0 Å². The lowest BCUT2D eigenvalue weighted by Gasteiger charge is -2.19. The van der Waals surface area contributed by atoms with Gasteiger partial charge in [-0.2, -0.15) is 26.3 Å². The molecule has 0 aliphatic carbocycles. The van der Waals surface area contributed by atoms with Crippen molar-refractivity contribution >= 4 is 5.69 Å². The van der Waals surface area contributed by atoms with Crippen molar-refractivity contribution in [1.29, 1.82) is 0 Å². The van der Waals surface area contributed by atoms with Crippen LogP contribution in [-0.2, 0) is 12.4 Å². The molecule has 1 N–H and O–H groups in total. The highest BCUT2D eigenvalue weighted by Gasteiger charge is 2.37. The molecule has 2 aromatic carbocycles. The second-order valence-corrected chi connectivity index (χ2v) is 5.85. The number of hydrogen-bond acceptors (Lipinski definition) is 2. The maximum atomic E-state index is 12.9. The maximum absolute atomic E-state index is 12.9. The summed E-state index contributed by atoms with van der Waals surface area (Å²) in [5.41, 5.74) is -1.97. The highest BCUT2D eigenvalue weighted by molar-refractivity contribution is 5.47. The van der Waals surface area contributed by atoms with E-state index >= 15 is 0 Å². The predicted molar refractivity (Wildman–Crippen MR) is 86.3 cm³/mol. The van der Waals surface area contributed by atoms with E-state index in [9.17, 15) is 26.3 Å². The third-order valence-corrected chi connectivity index (χ3v) is 3.88. The van der Waals surface area contributed by atoms with E-state index < -0.39 is 29.4 Å². The highest BCUT2D eigenvalue weighted by Crippen LogP contribution is 2.37. The Labute approximate surface area is 146 Å². The summed E-state index contributed by atoms with van der Waals surface area (Å²) in [4.78, 5) is 0. The second-order valence-electron chi connectivity index (χ2n) is 5.85. The van der Waals surface area contributed by atoms with E-state index in [0.29, 0.717) is 11.4 Å². The number of methoxy groups -OCH3 is 1. The molecule has 0 saturated heterocycles. The van der Waals surface area contributed by atoms with Gasteiger partial charge in [-0.3, -0.25) is 0 Å². The van der Waals surface area contributed by atoms with Crippen LogP contribution in [0.4, 0.5) is 32.0 Å². The van der Waals surface area contributed by atoms with Crippen LogP contribution in [0.15, 0.2) is 42.5 Å². The highest BCUT2D eigenvalue weighted by atomic mass is 19.4. The molecule has 1 atom stereocenters. The molecular weight excluding hydrogens is 360 g/mol. The molecule has 0 amide bonds. The molecule has 2 rings (SSSR count). The molecule has 2 aromatic rings. The van der Waals surface area contributed by atoms with Gasteiger partial charge < -0.3 is 10.1 Å². The van der Waals surface area contributed by atoms with Crippen LogP contribution in [0.1, 0.15) is 29.5 Å². The lowest BCUT2D eigenvalue weighted by molar-refractivity contribution is -0.143. The summed E-state index contributed by atoms with van der Waals surface area (Å²) in [5, 5.41) is 2.99. The van der Waals surface area contributed by atoms with Crippen LogP contribution >= 0.6 is 0 Å².